The molecule has 1 heterocycles. The number of hydrogen-bond acceptors (Lipinski definition) is 5. The van der Waals surface area contributed by atoms with Gasteiger partial charge in [0.1, 0.15) is 0 Å². The van der Waals surface area contributed by atoms with Crippen LogP contribution in [-0.2, 0) is 11.8 Å². The number of aliphatic hydroxyl groups excluding tert-OH is 1. The van der Waals surface area contributed by atoms with Gasteiger partial charge in [-0.25, -0.2) is 9.89 Å². The third kappa shape index (κ3) is 3.17. The van der Waals surface area contributed by atoms with E-state index >= 15 is 0 Å². The minimum absolute atomic E-state index is 0.0333. The lowest BCUT2D eigenvalue weighted by atomic mass is 10.7. The third-order valence-corrected chi connectivity index (χ3v) is 2.53. The van der Waals surface area contributed by atoms with Gasteiger partial charge < -0.3 is 9.84 Å². The number of nitrogens with one attached hydrogen (secondary N) is 1. The summed E-state index contributed by atoms with van der Waals surface area (Å²) in [5.74, 6) is 0.706. The van der Waals surface area contributed by atoms with Crippen molar-refractivity contribution in [1.82, 2.24) is 14.8 Å². The molecule has 0 aliphatic heterocycles. The Hall–Kier alpha value is -0.790. The maximum absolute atomic E-state index is 10.9. The summed E-state index contributed by atoms with van der Waals surface area (Å²) in [4.78, 5) is 10.9. The first kappa shape index (κ1) is 11.3. The summed E-state index contributed by atoms with van der Waals surface area (Å²) in [7, 11) is 1.66. The minimum Gasteiger partial charge on any atom is -0.394 e. The highest BCUT2D eigenvalue weighted by Gasteiger charge is 2.03. The zero-order valence-corrected chi connectivity index (χ0v) is 8.71. The first-order valence-electron chi connectivity index (χ1n) is 4.18. The van der Waals surface area contributed by atoms with Crippen LogP contribution < -0.4 is 5.69 Å². The van der Waals surface area contributed by atoms with Crippen LogP contribution in [0, 0.1) is 0 Å². The number of hydrogen-bond donors (Lipinski definition) is 2. The monoisotopic (exact) mass is 219 g/mol. The van der Waals surface area contributed by atoms with Crippen molar-refractivity contribution in [2.75, 3.05) is 25.6 Å². The van der Waals surface area contributed by atoms with Crippen molar-refractivity contribution in [2.45, 2.75) is 5.16 Å². The van der Waals surface area contributed by atoms with Crippen LogP contribution in [0.2, 0.25) is 0 Å². The molecule has 1 aromatic rings. The first-order chi connectivity index (χ1) is 6.75. The third-order valence-electron chi connectivity index (χ3n) is 1.53. The second-order valence-electron chi connectivity index (χ2n) is 2.55. The van der Waals surface area contributed by atoms with Crippen LogP contribution in [0.15, 0.2) is 9.95 Å². The summed E-state index contributed by atoms with van der Waals surface area (Å²) in [6.45, 7) is 0.915. The highest BCUT2D eigenvalue weighted by molar-refractivity contribution is 7.99. The summed E-state index contributed by atoms with van der Waals surface area (Å²) in [6.07, 6.45) is 0. The van der Waals surface area contributed by atoms with E-state index in [0.717, 1.165) is 0 Å². The van der Waals surface area contributed by atoms with Crippen molar-refractivity contribution in [3.63, 3.8) is 0 Å². The number of thioether (sulfide) groups is 1. The number of ether oxygens (including phenoxy) is 1. The average molecular weight is 219 g/mol. The number of nitrogens with zero attached hydrogens (tertiary/aromatic N) is 2. The molecule has 7 heteroatoms. The van der Waals surface area contributed by atoms with E-state index in [0.29, 0.717) is 24.1 Å². The molecule has 1 rings (SSSR count). The van der Waals surface area contributed by atoms with Gasteiger partial charge in [0.2, 0.25) is 0 Å². The van der Waals surface area contributed by atoms with Crippen molar-refractivity contribution >= 4 is 11.8 Å². The van der Waals surface area contributed by atoms with Gasteiger partial charge in [0.25, 0.3) is 0 Å². The Morgan fingerprint density at radius 2 is 2.43 bits per heavy atom. The Labute approximate surface area is 85.3 Å². The summed E-state index contributed by atoms with van der Waals surface area (Å²) in [5, 5.41) is 15.2. The number of H-pyrrole nitrogens is 1. The van der Waals surface area contributed by atoms with Crippen LogP contribution in [0.3, 0.4) is 0 Å². The minimum atomic E-state index is -0.219. The summed E-state index contributed by atoms with van der Waals surface area (Å²) in [6, 6.07) is 0. The van der Waals surface area contributed by atoms with Crippen molar-refractivity contribution in [2.24, 2.45) is 7.05 Å². The van der Waals surface area contributed by atoms with E-state index < -0.39 is 0 Å². The van der Waals surface area contributed by atoms with E-state index in [1.807, 2.05) is 0 Å². The van der Waals surface area contributed by atoms with Crippen LogP contribution in [0.1, 0.15) is 0 Å². The molecule has 0 aliphatic rings. The van der Waals surface area contributed by atoms with Crippen LogP contribution >= 0.6 is 11.8 Å². The lowest BCUT2D eigenvalue weighted by Crippen LogP contribution is -2.13. The first-order valence-corrected chi connectivity index (χ1v) is 5.17. The smallest absolute Gasteiger partial charge is 0.343 e. The predicted octanol–water partition coefficient (Wildman–Crippen LogP) is -0.791. The van der Waals surface area contributed by atoms with Crippen molar-refractivity contribution in [3.8, 4) is 0 Å². The van der Waals surface area contributed by atoms with E-state index in [1.165, 1.54) is 16.3 Å². The van der Waals surface area contributed by atoms with Gasteiger partial charge in [0.15, 0.2) is 5.16 Å². The van der Waals surface area contributed by atoms with Gasteiger partial charge in [-0.2, -0.15) is 0 Å². The lowest BCUT2D eigenvalue weighted by molar-refractivity contribution is 0.103. The van der Waals surface area contributed by atoms with Crippen LogP contribution in [0.4, 0.5) is 0 Å². The Balaban J connectivity index is 2.25. The Morgan fingerprint density at radius 3 is 3.00 bits per heavy atom. The van der Waals surface area contributed by atoms with Crippen molar-refractivity contribution in [1.29, 1.82) is 0 Å². The summed E-state index contributed by atoms with van der Waals surface area (Å²) < 4.78 is 6.50. The van der Waals surface area contributed by atoms with Crippen LogP contribution in [0.25, 0.3) is 0 Å². The molecule has 0 radical (unpaired) electrons. The molecule has 0 saturated carbocycles. The molecule has 14 heavy (non-hydrogen) atoms. The number of aromatic nitrogens is 3. The van der Waals surface area contributed by atoms with Gasteiger partial charge in [0.05, 0.1) is 19.8 Å². The highest BCUT2D eigenvalue weighted by Crippen LogP contribution is 2.10. The normalized spacial score (nSPS) is 10.7. The summed E-state index contributed by atoms with van der Waals surface area (Å²) in [5.41, 5.74) is -0.219. The van der Waals surface area contributed by atoms with E-state index in [4.69, 9.17) is 9.84 Å². The predicted molar refractivity (Wildman–Crippen MR) is 52.5 cm³/mol. The zero-order valence-electron chi connectivity index (χ0n) is 7.89. The Bertz CT molecular complexity index is 322. The van der Waals surface area contributed by atoms with Crippen molar-refractivity contribution in [3.05, 3.63) is 10.5 Å². The molecule has 0 bridgehead atoms. The largest absolute Gasteiger partial charge is 0.394 e. The lowest BCUT2D eigenvalue weighted by Gasteiger charge is -2.00. The molecule has 1 aromatic heterocycles. The molecule has 80 valence electrons. The zero-order chi connectivity index (χ0) is 10.4. The fourth-order valence-corrected chi connectivity index (χ4v) is 1.59. The quantitative estimate of drug-likeness (QED) is 0.484. The van der Waals surface area contributed by atoms with Gasteiger partial charge in [0, 0.05) is 12.8 Å². The van der Waals surface area contributed by atoms with Crippen LogP contribution in [0.5, 0.6) is 0 Å². The van der Waals surface area contributed by atoms with E-state index in [2.05, 4.69) is 10.2 Å². The summed E-state index contributed by atoms with van der Waals surface area (Å²) >= 11 is 1.43. The fraction of sp³-hybridized carbons (Fsp3) is 0.714. The molecule has 0 amide bonds. The van der Waals surface area contributed by atoms with E-state index in [-0.39, 0.29) is 12.3 Å². The maximum atomic E-state index is 10.9. The number of aromatic amines is 1. The SMILES string of the molecule is Cn1c(SCCOCCO)n[nH]c1=O. The number of rotatable bonds is 6. The van der Waals surface area contributed by atoms with E-state index in [1.54, 1.807) is 7.05 Å². The molecule has 0 unspecified atom stereocenters. The fourth-order valence-electron chi connectivity index (χ4n) is 0.820. The Morgan fingerprint density at radius 1 is 1.64 bits per heavy atom. The molecule has 0 spiro atoms. The average Bonchev–Trinajstić information content (AvgIpc) is 2.49. The van der Waals surface area contributed by atoms with Gasteiger partial charge >= 0.3 is 5.69 Å². The highest BCUT2D eigenvalue weighted by atomic mass is 32.2. The van der Waals surface area contributed by atoms with Gasteiger partial charge in [-0.15, -0.1) is 5.10 Å². The maximum Gasteiger partial charge on any atom is 0.343 e. The molecule has 0 aromatic carbocycles. The molecular weight excluding hydrogens is 206 g/mol. The van der Waals surface area contributed by atoms with Gasteiger partial charge in [-0.05, 0) is 0 Å². The molecule has 0 fully saturated rings. The molecule has 2 N–H and O–H groups in total. The Kier molecular flexibility index (Phi) is 4.71. The molecule has 6 nitrogen and oxygen atoms in total. The van der Waals surface area contributed by atoms with Gasteiger partial charge in [-0.1, -0.05) is 11.8 Å². The molecular formula is C7H13N3O3S. The standard InChI is InChI=1S/C7H13N3O3S/c1-10-6(12)8-9-7(10)14-5-4-13-3-2-11/h11H,2-5H2,1H3,(H,8,12). The molecule has 0 atom stereocenters. The van der Waals surface area contributed by atoms with Crippen molar-refractivity contribution < 1.29 is 9.84 Å². The van der Waals surface area contributed by atoms with Crippen LogP contribution in [-0.4, -0.2) is 45.4 Å². The molecule has 0 saturated heterocycles. The number of aliphatic hydroxyl groups is 1. The molecule has 0 aliphatic carbocycles. The second-order valence-corrected chi connectivity index (χ2v) is 3.62. The van der Waals surface area contributed by atoms with Gasteiger partial charge in [-0.3, -0.25) is 4.57 Å². The van der Waals surface area contributed by atoms with E-state index in [9.17, 15) is 4.79 Å². The second kappa shape index (κ2) is 5.84. The topological polar surface area (TPSA) is 80.1 Å².